The van der Waals surface area contributed by atoms with Gasteiger partial charge in [0.2, 0.25) is 0 Å². The molecule has 0 spiro atoms. The Morgan fingerprint density at radius 2 is 1.90 bits per heavy atom. The molecule has 0 aliphatic carbocycles. The van der Waals surface area contributed by atoms with Crippen molar-refractivity contribution in [2.75, 3.05) is 24.5 Å². The van der Waals surface area contributed by atoms with Gasteiger partial charge in [0.15, 0.2) is 0 Å². The van der Waals surface area contributed by atoms with Crippen LogP contribution >= 0.6 is 11.6 Å². The number of benzene rings is 2. The molecule has 8 heteroatoms. The van der Waals surface area contributed by atoms with Crippen LogP contribution in [0, 0.1) is 0 Å². The van der Waals surface area contributed by atoms with Gasteiger partial charge < -0.3 is 25.9 Å². The zero-order valence-electron chi connectivity index (χ0n) is 15.9. The number of aromatic carboxylic acids is 1. The summed E-state index contributed by atoms with van der Waals surface area (Å²) in [4.78, 5) is 25.7. The van der Waals surface area contributed by atoms with Gasteiger partial charge in [0, 0.05) is 30.3 Å². The highest BCUT2D eigenvalue weighted by atomic mass is 35.5. The van der Waals surface area contributed by atoms with Crippen molar-refractivity contribution in [3.05, 3.63) is 64.2 Å². The molecule has 156 valence electrons. The van der Waals surface area contributed by atoms with Crippen LogP contribution in [-0.2, 0) is 6.42 Å². The predicted octanol–water partition coefficient (Wildman–Crippen LogP) is 2.15. The molecule has 2 aromatic rings. The largest absolute Gasteiger partial charge is 0.478 e. The summed E-state index contributed by atoms with van der Waals surface area (Å²) in [5.41, 5.74) is 2.44. The molecule has 1 aliphatic heterocycles. The van der Waals surface area contributed by atoms with Crippen molar-refractivity contribution in [3.63, 3.8) is 0 Å². The van der Waals surface area contributed by atoms with Gasteiger partial charge in [-0.05, 0) is 55.2 Å². The summed E-state index contributed by atoms with van der Waals surface area (Å²) in [6.45, 7) is 1.70. The van der Waals surface area contributed by atoms with Crippen molar-refractivity contribution in [1.82, 2.24) is 5.32 Å². The van der Waals surface area contributed by atoms with Gasteiger partial charge in [-0.3, -0.25) is 4.79 Å². The minimum absolute atomic E-state index is 0. The number of carboxylic acid groups (broad SMARTS) is 1. The third-order valence-corrected chi connectivity index (χ3v) is 5.08. The van der Waals surface area contributed by atoms with Crippen LogP contribution in [0.15, 0.2) is 42.5 Å². The number of carbonyl (C=O) groups is 2. The summed E-state index contributed by atoms with van der Waals surface area (Å²) in [5.74, 6) is -1.18. The Morgan fingerprint density at radius 3 is 2.55 bits per heavy atom. The Kier molecular flexibility index (Phi) is 8.01. The molecule has 1 fully saturated rings. The summed E-state index contributed by atoms with van der Waals surface area (Å²) < 4.78 is 0. The van der Waals surface area contributed by atoms with Crippen molar-refractivity contribution in [1.29, 1.82) is 0 Å². The maximum absolute atomic E-state index is 12.7. The van der Waals surface area contributed by atoms with E-state index in [1.807, 2.05) is 11.0 Å². The highest BCUT2D eigenvalue weighted by Gasteiger charge is 2.22. The first-order chi connectivity index (χ1) is 13.4. The maximum atomic E-state index is 12.7. The van der Waals surface area contributed by atoms with Crippen LogP contribution in [0.5, 0.6) is 0 Å². The van der Waals surface area contributed by atoms with Gasteiger partial charge in [-0.1, -0.05) is 23.7 Å². The fourth-order valence-corrected chi connectivity index (χ4v) is 3.54. The predicted molar refractivity (Wildman–Crippen MR) is 112 cm³/mol. The number of amides is 1. The highest BCUT2D eigenvalue weighted by Crippen LogP contribution is 2.27. The molecule has 1 aliphatic rings. The van der Waals surface area contributed by atoms with Crippen molar-refractivity contribution >= 4 is 29.2 Å². The first-order valence-corrected chi connectivity index (χ1v) is 9.65. The zero-order valence-corrected chi connectivity index (χ0v) is 16.7. The van der Waals surface area contributed by atoms with E-state index in [1.54, 1.807) is 36.4 Å². The van der Waals surface area contributed by atoms with Crippen LogP contribution < -0.4 is 10.2 Å². The van der Waals surface area contributed by atoms with Gasteiger partial charge in [-0.15, -0.1) is 0 Å². The number of hydrogen-bond donors (Lipinski definition) is 3. The topological polar surface area (TPSA) is 121 Å². The summed E-state index contributed by atoms with van der Waals surface area (Å²) in [5, 5.41) is 22.3. The van der Waals surface area contributed by atoms with Gasteiger partial charge in [0.1, 0.15) is 0 Å². The lowest BCUT2D eigenvalue weighted by molar-refractivity contribution is 0.0696. The quantitative estimate of drug-likeness (QED) is 0.661. The number of β-amino-alcohol motifs (C(OH)–C–C–N with tert-alkyl or cyclic N) is 1. The number of rotatable bonds is 6. The van der Waals surface area contributed by atoms with Crippen LogP contribution in [0.2, 0.25) is 5.02 Å². The smallest absolute Gasteiger partial charge is 0.335 e. The number of halogens is 1. The molecule has 0 saturated carbocycles. The van der Waals surface area contributed by atoms with Gasteiger partial charge in [-0.2, -0.15) is 0 Å². The number of aliphatic hydroxyl groups is 1. The van der Waals surface area contributed by atoms with E-state index in [-0.39, 0.29) is 16.9 Å². The summed E-state index contributed by atoms with van der Waals surface area (Å²) in [6, 6.07) is 11.8. The van der Waals surface area contributed by atoms with Gasteiger partial charge >= 0.3 is 5.97 Å². The van der Waals surface area contributed by atoms with Gasteiger partial charge in [0.05, 0.1) is 17.2 Å². The lowest BCUT2D eigenvalue weighted by atomic mass is 10.0. The molecule has 29 heavy (non-hydrogen) atoms. The Bertz CT molecular complexity index is 857. The fourth-order valence-electron chi connectivity index (χ4n) is 3.37. The summed E-state index contributed by atoms with van der Waals surface area (Å²) >= 11 is 6.10. The Morgan fingerprint density at radius 1 is 1.17 bits per heavy atom. The normalized spacial score (nSPS) is 16.1. The van der Waals surface area contributed by atoms with Crippen LogP contribution in [0.4, 0.5) is 5.69 Å². The SMILES string of the molecule is O.O=C(O)c1ccc(CCNC(=O)c2cc(Cl)ccc2N2CCCC(O)C2)cc1. The zero-order chi connectivity index (χ0) is 20.1. The molecule has 0 radical (unpaired) electrons. The first-order valence-electron chi connectivity index (χ1n) is 9.27. The number of piperidine rings is 1. The van der Waals surface area contributed by atoms with Gasteiger partial charge in [-0.25, -0.2) is 4.79 Å². The van der Waals surface area contributed by atoms with E-state index >= 15 is 0 Å². The molecule has 1 saturated heterocycles. The Hall–Kier alpha value is -2.61. The van der Waals surface area contributed by atoms with E-state index in [4.69, 9.17) is 16.7 Å². The lowest BCUT2D eigenvalue weighted by Crippen LogP contribution is -2.39. The van der Waals surface area contributed by atoms with Crippen LogP contribution in [-0.4, -0.2) is 53.3 Å². The Balaban J connectivity index is 0.00000300. The van der Waals surface area contributed by atoms with Gasteiger partial charge in [0.25, 0.3) is 5.91 Å². The average Bonchev–Trinajstić information content (AvgIpc) is 2.68. The van der Waals surface area contributed by atoms with E-state index < -0.39 is 12.1 Å². The molecule has 3 rings (SSSR count). The van der Waals surface area contributed by atoms with E-state index in [0.29, 0.717) is 30.1 Å². The fraction of sp³-hybridized carbons (Fsp3) is 0.333. The van der Waals surface area contributed by atoms with Crippen LogP contribution in [0.1, 0.15) is 39.1 Å². The van der Waals surface area contributed by atoms with E-state index in [1.165, 1.54) is 0 Å². The minimum atomic E-state index is -0.962. The number of anilines is 1. The molecule has 1 atom stereocenters. The highest BCUT2D eigenvalue weighted by molar-refractivity contribution is 6.31. The molecule has 2 aromatic carbocycles. The maximum Gasteiger partial charge on any atom is 0.335 e. The lowest BCUT2D eigenvalue weighted by Gasteiger charge is -2.33. The molecule has 0 bridgehead atoms. The summed E-state index contributed by atoms with van der Waals surface area (Å²) in [6.07, 6.45) is 1.84. The second kappa shape index (κ2) is 10.2. The molecular weight excluding hydrogens is 396 g/mol. The second-order valence-corrected chi connectivity index (χ2v) is 7.35. The standard InChI is InChI=1S/C21H23ClN2O4.H2O/c22-16-7-8-19(24-11-1-2-17(25)13-24)18(12-16)20(26)23-10-9-14-3-5-15(6-4-14)21(27)28;/h3-8,12,17,25H,1-2,9-11,13H2,(H,23,26)(H,27,28);1H2. The third-order valence-electron chi connectivity index (χ3n) is 4.84. The van der Waals surface area contributed by atoms with E-state index in [0.717, 1.165) is 30.6 Å². The molecule has 1 unspecified atom stereocenters. The van der Waals surface area contributed by atoms with E-state index in [9.17, 15) is 14.7 Å². The first kappa shape index (κ1) is 22.7. The number of hydrogen-bond acceptors (Lipinski definition) is 4. The number of aliphatic hydroxyl groups excluding tert-OH is 1. The molecule has 0 aromatic heterocycles. The van der Waals surface area contributed by atoms with Crippen LogP contribution in [0.3, 0.4) is 0 Å². The molecule has 1 amide bonds. The Labute approximate surface area is 174 Å². The second-order valence-electron chi connectivity index (χ2n) is 6.91. The van der Waals surface area contributed by atoms with Crippen molar-refractivity contribution in [2.24, 2.45) is 0 Å². The van der Waals surface area contributed by atoms with E-state index in [2.05, 4.69) is 5.32 Å². The van der Waals surface area contributed by atoms with Crippen molar-refractivity contribution in [3.8, 4) is 0 Å². The third kappa shape index (κ3) is 5.93. The number of nitrogens with one attached hydrogen (secondary N) is 1. The van der Waals surface area contributed by atoms with Crippen LogP contribution in [0.25, 0.3) is 0 Å². The summed E-state index contributed by atoms with van der Waals surface area (Å²) in [7, 11) is 0. The average molecular weight is 421 g/mol. The monoisotopic (exact) mass is 420 g/mol. The number of carboxylic acids is 1. The molecular formula is C21H25ClN2O5. The van der Waals surface area contributed by atoms with Crippen molar-refractivity contribution in [2.45, 2.75) is 25.4 Å². The molecule has 1 heterocycles. The molecule has 7 nitrogen and oxygen atoms in total. The van der Waals surface area contributed by atoms with Crippen molar-refractivity contribution < 1.29 is 25.3 Å². The number of nitrogens with zero attached hydrogens (tertiary/aromatic N) is 1. The number of carbonyl (C=O) groups excluding carboxylic acids is 1. The minimum Gasteiger partial charge on any atom is -0.478 e. The molecule has 5 N–H and O–H groups in total.